The SMILES string of the molecule is CC(NC(=O)C(C)N1CCCc2c(N)cccc21)c1ccc(F)cc1.Cl. The van der Waals surface area contributed by atoms with Crippen molar-refractivity contribution in [3.8, 4) is 0 Å². The van der Waals surface area contributed by atoms with Gasteiger partial charge in [0.15, 0.2) is 0 Å². The molecule has 140 valence electrons. The summed E-state index contributed by atoms with van der Waals surface area (Å²) in [5.41, 5.74) is 9.93. The van der Waals surface area contributed by atoms with Gasteiger partial charge in [-0.15, -0.1) is 12.4 Å². The fourth-order valence-electron chi connectivity index (χ4n) is 3.39. The molecule has 2 aromatic carbocycles. The third-order valence-corrected chi connectivity index (χ3v) is 4.90. The average Bonchev–Trinajstić information content (AvgIpc) is 2.61. The van der Waals surface area contributed by atoms with E-state index in [4.69, 9.17) is 5.73 Å². The lowest BCUT2D eigenvalue weighted by atomic mass is 9.98. The number of carbonyl (C=O) groups excluding carboxylic acids is 1. The van der Waals surface area contributed by atoms with E-state index in [0.717, 1.165) is 41.9 Å². The summed E-state index contributed by atoms with van der Waals surface area (Å²) in [4.78, 5) is 14.8. The number of nitrogen functional groups attached to an aromatic ring is 1. The summed E-state index contributed by atoms with van der Waals surface area (Å²) in [6, 6.07) is 11.6. The fraction of sp³-hybridized carbons (Fsp3) is 0.350. The third kappa shape index (κ3) is 4.10. The van der Waals surface area contributed by atoms with Crippen LogP contribution in [0.4, 0.5) is 15.8 Å². The molecular weight excluding hydrogens is 353 g/mol. The molecule has 1 aliphatic heterocycles. The Balaban J connectivity index is 0.00000243. The van der Waals surface area contributed by atoms with Crippen LogP contribution in [-0.2, 0) is 11.2 Å². The van der Waals surface area contributed by atoms with Crippen LogP contribution in [0.25, 0.3) is 0 Å². The molecule has 1 amide bonds. The van der Waals surface area contributed by atoms with Crippen LogP contribution in [0, 0.1) is 5.82 Å². The zero-order chi connectivity index (χ0) is 18.0. The maximum atomic E-state index is 13.1. The van der Waals surface area contributed by atoms with E-state index in [1.807, 2.05) is 32.0 Å². The number of anilines is 2. The molecule has 1 heterocycles. The van der Waals surface area contributed by atoms with E-state index in [2.05, 4.69) is 10.2 Å². The topological polar surface area (TPSA) is 58.4 Å². The van der Waals surface area contributed by atoms with E-state index >= 15 is 0 Å². The molecule has 0 saturated heterocycles. The predicted octanol–water partition coefficient (Wildman–Crippen LogP) is 3.85. The first-order valence-corrected chi connectivity index (χ1v) is 8.67. The Morgan fingerprint density at radius 2 is 1.88 bits per heavy atom. The smallest absolute Gasteiger partial charge is 0.242 e. The van der Waals surface area contributed by atoms with Gasteiger partial charge in [-0.3, -0.25) is 4.79 Å². The minimum absolute atomic E-state index is 0. The molecule has 2 atom stereocenters. The number of amides is 1. The number of nitrogens with two attached hydrogens (primary N) is 1. The molecule has 3 rings (SSSR count). The molecule has 4 nitrogen and oxygen atoms in total. The molecule has 0 saturated carbocycles. The van der Waals surface area contributed by atoms with Gasteiger partial charge in [0.25, 0.3) is 0 Å². The predicted molar refractivity (Wildman–Crippen MR) is 106 cm³/mol. The van der Waals surface area contributed by atoms with Crippen LogP contribution in [0.3, 0.4) is 0 Å². The molecule has 2 unspecified atom stereocenters. The zero-order valence-electron chi connectivity index (χ0n) is 15.0. The Labute approximate surface area is 160 Å². The standard InChI is InChI=1S/C20H24FN3O.ClH/c1-13(15-8-10-16(21)11-9-15)23-20(25)14(2)24-12-4-5-17-18(22)6-3-7-19(17)24;/h3,6-11,13-14H,4-5,12,22H2,1-2H3,(H,23,25);1H. The summed E-state index contributed by atoms with van der Waals surface area (Å²) in [6.45, 7) is 4.64. The molecule has 0 aliphatic carbocycles. The molecular formula is C20H25ClFN3O. The van der Waals surface area contributed by atoms with Crippen LogP contribution >= 0.6 is 12.4 Å². The molecule has 1 aliphatic rings. The van der Waals surface area contributed by atoms with Crippen molar-refractivity contribution in [2.24, 2.45) is 0 Å². The molecule has 3 N–H and O–H groups in total. The van der Waals surface area contributed by atoms with E-state index < -0.39 is 0 Å². The first kappa shape index (κ1) is 20.0. The summed E-state index contributed by atoms with van der Waals surface area (Å²) in [5, 5.41) is 3.02. The minimum Gasteiger partial charge on any atom is -0.398 e. The van der Waals surface area contributed by atoms with E-state index in [9.17, 15) is 9.18 Å². The monoisotopic (exact) mass is 377 g/mol. The third-order valence-electron chi connectivity index (χ3n) is 4.90. The van der Waals surface area contributed by atoms with Gasteiger partial charge >= 0.3 is 0 Å². The molecule has 2 aromatic rings. The lowest BCUT2D eigenvalue weighted by molar-refractivity contribution is -0.122. The van der Waals surface area contributed by atoms with Gasteiger partial charge in [-0.1, -0.05) is 18.2 Å². The van der Waals surface area contributed by atoms with Gasteiger partial charge in [0, 0.05) is 17.9 Å². The highest BCUT2D eigenvalue weighted by Gasteiger charge is 2.27. The van der Waals surface area contributed by atoms with Crippen molar-refractivity contribution in [3.63, 3.8) is 0 Å². The summed E-state index contributed by atoms with van der Waals surface area (Å²) in [5.74, 6) is -0.328. The molecule has 0 spiro atoms. The quantitative estimate of drug-likeness (QED) is 0.796. The zero-order valence-corrected chi connectivity index (χ0v) is 15.9. The normalized spacial score (nSPS) is 15.4. The van der Waals surface area contributed by atoms with Gasteiger partial charge in [0.1, 0.15) is 11.9 Å². The van der Waals surface area contributed by atoms with Gasteiger partial charge in [0.05, 0.1) is 6.04 Å². The number of carbonyl (C=O) groups is 1. The molecule has 6 heteroatoms. The number of halogens is 2. The molecule has 0 fully saturated rings. The maximum absolute atomic E-state index is 13.1. The maximum Gasteiger partial charge on any atom is 0.242 e. The first-order valence-electron chi connectivity index (χ1n) is 8.67. The first-order chi connectivity index (χ1) is 12.0. The van der Waals surface area contributed by atoms with Crippen molar-refractivity contribution in [2.75, 3.05) is 17.2 Å². The summed E-state index contributed by atoms with van der Waals surface area (Å²) in [7, 11) is 0. The number of hydrogen-bond donors (Lipinski definition) is 2. The summed E-state index contributed by atoms with van der Waals surface area (Å²) in [6.07, 6.45) is 1.92. The molecule has 0 radical (unpaired) electrons. The number of benzene rings is 2. The van der Waals surface area contributed by atoms with Crippen LogP contribution in [0.1, 0.15) is 37.4 Å². The average molecular weight is 378 g/mol. The second-order valence-electron chi connectivity index (χ2n) is 6.60. The largest absolute Gasteiger partial charge is 0.398 e. The summed E-state index contributed by atoms with van der Waals surface area (Å²) >= 11 is 0. The Morgan fingerprint density at radius 3 is 2.58 bits per heavy atom. The Hall–Kier alpha value is -2.27. The highest BCUT2D eigenvalue weighted by molar-refractivity contribution is 5.86. The number of nitrogens with zero attached hydrogens (tertiary/aromatic N) is 1. The Morgan fingerprint density at radius 1 is 1.19 bits per heavy atom. The Bertz CT molecular complexity index is 766. The van der Waals surface area contributed by atoms with Gasteiger partial charge in [-0.25, -0.2) is 4.39 Å². The second-order valence-corrected chi connectivity index (χ2v) is 6.60. The van der Waals surface area contributed by atoms with Crippen molar-refractivity contribution in [1.29, 1.82) is 0 Å². The van der Waals surface area contributed by atoms with Gasteiger partial charge < -0.3 is 16.0 Å². The van der Waals surface area contributed by atoms with Crippen LogP contribution in [0.2, 0.25) is 0 Å². The fourth-order valence-corrected chi connectivity index (χ4v) is 3.39. The van der Waals surface area contributed by atoms with E-state index in [0.29, 0.717) is 0 Å². The number of hydrogen-bond acceptors (Lipinski definition) is 3. The number of nitrogens with one attached hydrogen (secondary N) is 1. The highest BCUT2D eigenvalue weighted by atomic mass is 35.5. The minimum atomic E-state index is -0.302. The van der Waals surface area contributed by atoms with Crippen LogP contribution in [0.15, 0.2) is 42.5 Å². The van der Waals surface area contributed by atoms with Crippen molar-refractivity contribution in [1.82, 2.24) is 5.32 Å². The number of rotatable bonds is 4. The second kappa shape index (κ2) is 8.41. The molecule has 0 aromatic heterocycles. The van der Waals surface area contributed by atoms with Crippen molar-refractivity contribution >= 4 is 29.7 Å². The van der Waals surface area contributed by atoms with Crippen LogP contribution in [0.5, 0.6) is 0 Å². The van der Waals surface area contributed by atoms with E-state index in [1.165, 1.54) is 12.1 Å². The van der Waals surface area contributed by atoms with Crippen molar-refractivity contribution < 1.29 is 9.18 Å². The van der Waals surface area contributed by atoms with Gasteiger partial charge in [0.2, 0.25) is 5.91 Å². The van der Waals surface area contributed by atoms with Gasteiger partial charge in [-0.2, -0.15) is 0 Å². The van der Waals surface area contributed by atoms with Gasteiger partial charge in [-0.05, 0) is 62.1 Å². The lowest BCUT2D eigenvalue weighted by Gasteiger charge is -2.36. The van der Waals surface area contributed by atoms with Crippen LogP contribution in [-0.4, -0.2) is 18.5 Å². The summed E-state index contributed by atoms with van der Waals surface area (Å²) < 4.78 is 13.1. The molecule has 26 heavy (non-hydrogen) atoms. The van der Waals surface area contributed by atoms with Crippen LogP contribution < -0.4 is 16.0 Å². The van der Waals surface area contributed by atoms with Crippen molar-refractivity contribution in [3.05, 3.63) is 59.4 Å². The Kier molecular flexibility index (Phi) is 6.48. The van der Waals surface area contributed by atoms with Crippen molar-refractivity contribution in [2.45, 2.75) is 38.8 Å². The van der Waals surface area contributed by atoms with E-state index in [1.54, 1.807) is 12.1 Å². The van der Waals surface area contributed by atoms with E-state index in [-0.39, 0.29) is 36.2 Å². The number of fused-ring (bicyclic) bond motifs is 1. The molecule has 0 bridgehead atoms. The highest BCUT2D eigenvalue weighted by Crippen LogP contribution is 2.32. The lowest BCUT2D eigenvalue weighted by Crippen LogP contribution is -2.47.